The van der Waals surface area contributed by atoms with E-state index in [1.807, 2.05) is 38.1 Å². The first-order chi connectivity index (χ1) is 17.5. The van der Waals surface area contributed by atoms with Gasteiger partial charge in [0.05, 0.1) is 0 Å². The Bertz CT molecular complexity index is 1310. The normalized spacial score (nSPS) is 14.8. The van der Waals surface area contributed by atoms with Crippen molar-refractivity contribution in [2.24, 2.45) is 10.8 Å². The molecule has 1 fully saturated rings. The predicted octanol–water partition coefficient (Wildman–Crippen LogP) is 5.78. The number of hydrogen-bond acceptors (Lipinski definition) is 5. The second-order valence-corrected chi connectivity index (χ2v) is 9.33. The number of benzene rings is 3. The molecule has 0 bridgehead atoms. The number of carbonyl (C=O) groups excluding carboxylic acids is 1. The number of nitrogens with two attached hydrogens (primary N) is 1. The lowest BCUT2D eigenvalue weighted by atomic mass is 9.98. The maximum atomic E-state index is 13.0. The van der Waals surface area contributed by atoms with Crippen LogP contribution in [0.2, 0.25) is 0 Å². The smallest absolute Gasteiger partial charge is 0.409 e. The number of nitrogens with zero attached hydrogens (tertiary/aromatic N) is 5. The van der Waals surface area contributed by atoms with Gasteiger partial charge < -0.3 is 20.3 Å². The summed E-state index contributed by atoms with van der Waals surface area (Å²) in [4.78, 5) is 20.0. The van der Waals surface area contributed by atoms with E-state index in [4.69, 9.17) is 16.0 Å². The molecular formula is C28H30N6O2. The van der Waals surface area contributed by atoms with Gasteiger partial charge in [-0.3, -0.25) is 0 Å². The van der Waals surface area contributed by atoms with Crippen LogP contribution in [0.15, 0.2) is 59.7 Å². The van der Waals surface area contributed by atoms with Crippen molar-refractivity contribution in [2.45, 2.75) is 26.3 Å². The van der Waals surface area contributed by atoms with Gasteiger partial charge in [0, 0.05) is 54.9 Å². The van der Waals surface area contributed by atoms with Gasteiger partial charge >= 0.3 is 6.09 Å². The highest BCUT2D eigenvalue weighted by Crippen LogP contribution is 2.44. The van der Waals surface area contributed by atoms with Crippen LogP contribution in [0.25, 0.3) is 21.6 Å². The lowest BCUT2D eigenvalue weighted by Gasteiger charge is -2.37. The van der Waals surface area contributed by atoms with Gasteiger partial charge in [-0.15, -0.1) is 0 Å². The quantitative estimate of drug-likeness (QED) is 0.283. The Morgan fingerprint density at radius 2 is 1.64 bits per heavy atom. The van der Waals surface area contributed by atoms with Gasteiger partial charge in [0.1, 0.15) is 6.61 Å². The topological polar surface area (TPSA) is 108 Å². The van der Waals surface area contributed by atoms with Gasteiger partial charge in [-0.2, -0.15) is 0 Å². The zero-order valence-corrected chi connectivity index (χ0v) is 20.6. The lowest BCUT2D eigenvalue weighted by molar-refractivity contribution is 0.0977. The summed E-state index contributed by atoms with van der Waals surface area (Å²) in [6, 6.07) is 18.7. The number of anilines is 1. The molecule has 0 radical (unpaired) electrons. The fourth-order valence-electron chi connectivity index (χ4n) is 5.49. The number of hydrogen-bond donors (Lipinski definition) is 1. The number of azide groups is 1. The Labute approximate surface area is 210 Å². The molecule has 1 amide bonds. The minimum atomic E-state index is -0.283. The molecule has 1 aliphatic carbocycles. The number of fused-ring (bicyclic) bond motifs is 3. The number of piperazine rings is 1. The van der Waals surface area contributed by atoms with Gasteiger partial charge in [-0.1, -0.05) is 53.6 Å². The first-order valence-corrected chi connectivity index (χ1v) is 12.3. The van der Waals surface area contributed by atoms with Crippen LogP contribution >= 0.6 is 0 Å². The maximum Gasteiger partial charge on any atom is 0.409 e. The summed E-state index contributed by atoms with van der Waals surface area (Å²) in [5.74, 6) is 0.0478. The first kappa shape index (κ1) is 23.7. The van der Waals surface area contributed by atoms with Crippen LogP contribution in [0.3, 0.4) is 0 Å². The van der Waals surface area contributed by atoms with Crippen molar-refractivity contribution in [3.05, 3.63) is 92.9 Å². The standard InChI is InChI=1S/C28H30N6O2/c1-18-20(16-29)15-26(19(2)27(18)31-32-30)33-11-13-34(14-12-33)28(35)36-17-25-23-9-5-3-7-21(23)22-8-4-6-10-24(22)25/h3-10,15,25H,11-14,16-17,29H2,1-2H3. The molecule has 8 nitrogen and oxygen atoms in total. The van der Waals surface area contributed by atoms with E-state index in [0.717, 1.165) is 22.4 Å². The molecule has 3 aromatic carbocycles. The van der Waals surface area contributed by atoms with Crippen molar-refractivity contribution in [3.8, 4) is 11.1 Å². The molecule has 2 N–H and O–H groups in total. The van der Waals surface area contributed by atoms with Gasteiger partial charge in [-0.05, 0) is 64.4 Å². The van der Waals surface area contributed by atoms with E-state index >= 15 is 0 Å². The summed E-state index contributed by atoms with van der Waals surface area (Å²) in [5.41, 5.74) is 24.2. The van der Waals surface area contributed by atoms with Crippen molar-refractivity contribution in [1.82, 2.24) is 4.90 Å². The summed E-state index contributed by atoms with van der Waals surface area (Å²) in [7, 11) is 0. The lowest BCUT2D eigenvalue weighted by Crippen LogP contribution is -2.49. The van der Waals surface area contributed by atoms with Crippen LogP contribution in [0.1, 0.15) is 33.7 Å². The van der Waals surface area contributed by atoms with Crippen LogP contribution in [-0.2, 0) is 11.3 Å². The molecular weight excluding hydrogens is 452 g/mol. The van der Waals surface area contributed by atoms with Crippen molar-refractivity contribution in [2.75, 3.05) is 37.7 Å². The zero-order chi connectivity index (χ0) is 25.2. The number of amides is 1. The average molecular weight is 483 g/mol. The maximum absolute atomic E-state index is 13.0. The fourth-order valence-corrected chi connectivity index (χ4v) is 5.49. The van der Waals surface area contributed by atoms with Crippen LogP contribution in [0.5, 0.6) is 0 Å². The number of ether oxygens (including phenoxy) is 1. The Morgan fingerprint density at radius 1 is 1.03 bits per heavy atom. The molecule has 0 unspecified atom stereocenters. The van der Waals surface area contributed by atoms with Crippen molar-refractivity contribution < 1.29 is 9.53 Å². The third kappa shape index (κ3) is 4.15. The van der Waals surface area contributed by atoms with Gasteiger partial charge in [0.25, 0.3) is 0 Å². The minimum Gasteiger partial charge on any atom is -0.448 e. The van der Waals surface area contributed by atoms with Crippen molar-refractivity contribution >= 4 is 17.5 Å². The van der Waals surface area contributed by atoms with E-state index in [9.17, 15) is 4.79 Å². The van der Waals surface area contributed by atoms with Crippen LogP contribution in [0, 0.1) is 13.8 Å². The molecule has 36 heavy (non-hydrogen) atoms. The highest BCUT2D eigenvalue weighted by Gasteiger charge is 2.30. The van der Waals surface area contributed by atoms with Crippen molar-refractivity contribution in [3.63, 3.8) is 0 Å². The summed E-state index contributed by atoms with van der Waals surface area (Å²) in [5, 5.41) is 3.92. The summed E-state index contributed by atoms with van der Waals surface area (Å²) < 4.78 is 5.84. The van der Waals surface area contributed by atoms with Crippen LogP contribution in [0.4, 0.5) is 16.2 Å². The Kier molecular flexibility index (Phi) is 6.55. The summed E-state index contributed by atoms with van der Waals surface area (Å²) in [6.07, 6.45) is -0.283. The third-order valence-electron chi connectivity index (χ3n) is 7.47. The van der Waals surface area contributed by atoms with Crippen LogP contribution < -0.4 is 10.6 Å². The molecule has 1 saturated heterocycles. The first-order valence-electron chi connectivity index (χ1n) is 12.3. The Hall–Kier alpha value is -4.00. The Balaban J connectivity index is 1.25. The second-order valence-electron chi connectivity index (χ2n) is 9.33. The second kappa shape index (κ2) is 9.93. The zero-order valence-electron chi connectivity index (χ0n) is 20.6. The average Bonchev–Trinajstić information content (AvgIpc) is 3.23. The summed E-state index contributed by atoms with van der Waals surface area (Å²) in [6.45, 7) is 7.01. The van der Waals surface area contributed by atoms with Gasteiger partial charge in [-0.25, -0.2) is 4.79 Å². The van der Waals surface area contributed by atoms with E-state index in [-0.39, 0.29) is 12.0 Å². The molecule has 2 aliphatic rings. The predicted molar refractivity (Wildman–Crippen MR) is 141 cm³/mol. The molecule has 1 heterocycles. The van der Waals surface area contributed by atoms with Crippen LogP contribution in [-0.4, -0.2) is 43.8 Å². The highest BCUT2D eigenvalue weighted by atomic mass is 16.6. The minimum absolute atomic E-state index is 0.0478. The van der Waals surface area contributed by atoms with E-state index in [1.165, 1.54) is 22.3 Å². The van der Waals surface area contributed by atoms with E-state index in [2.05, 4.69) is 45.3 Å². The highest BCUT2D eigenvalue weighted by molar-refractivity contribution is 5.79. The monoisotopic (exact) mass is 482 g/mol. The number of rotatable bonds is 5. The molecule has 0 aromatic heterocycles. The summed E-state index contributed by atoms with van der Waals surface area (Å²) >= 11 is 0. The van der Waals surface area contributed by atoms with Crippen molar-refractivity contribution in [1.29, 1.82) is 0 Å². The largest absolute Gasteiger partial charge is 0.448 e. The van der Waals surface area contributed by atoms with Gasteiger partial charge in [0.15, 0.2) is 0 Å². The molecule has 0 atom stereocenters. The van der Waals surface area contributed by atoms with E-state index in [1.54, 1.807) is 4.90 Å². The molecule has 5 rings (SSSR count). The fraction of sp³-hybridized carbons (Fsp3) is 0.321. The van der Waals surface area contributed by atoms with E-state index in [0.29, 0.717) is 45.0 Å². The van der Waals surface area contributed by atoms with Gasteiger partial charge in [0.2, 0.25) is 0 Å². The Morgan fingerprint density at radius 3 is 2.22 bits per heavy atom. The molecule has 8 heteroatoms. The molecule has 0 saturated carbocycles. The van der Waals surface area contributed by atoms with E-state index < -0.39 is 0 Å². The molecule has 1 aliphatic heterocycles. The molecule has 0 spiro atoms. The number of carbonyl (C=O) groups is 1. The SMILES string of the molecule is Cc1c(CN)cc(N2CCN(C(=O)OCC3c4ccccc4-c4ccccc43)CC2)c(C)c1N=[N+]=[N-]. The molecule has 3 aromatic rings. The molecule has 184 valence electrons. The third-order valence-corrected chi connectivity index (χ3v) is 7.47.